The second kappa shape index (κ2) is 7.91. The molecule has 0 radical (unpaired) electrons. The number of nitrogens with zero attached hydrogens (tertiary/aromatic N) is 3. The zero-order chi connectivity index (χ0) is 20.5. The Bertz CT molecular complexity index is 1030. The van der Waals surface area contributed by atoms with E-state index in [1.54, 1.807) is 61.9 Å². The minimum Gasteiger partial charge on any atom is -0.386 e. The van der Waals surface area contributed by atoms with Gasteiger partial charge in [0.25, 0.3) is 5.91 Å². The third-order valence-electron chi connectivity index (χ3n) is 4.34. The molecule has 2 aromatic carbocycles. The molecule has 0 aliphatic carbocycles. The number of carbonyl (C=O) groups is 1. The molecule has 0 saturated heterocycles. The molecule has 0 aliphatic rings. The van der Waals surface area contributed by atoms with Crippen molar-refractivity contribution in [1.29, 1.82) is 0 Å². The summed E-state index contributed by atoms with van der Waals surface area (Å²) in [6.07, 6.45) is 0. The van der Waals surface area contributed by atoms with Gasteiger partial charge in [-0.05, 0) is 56.2 Å². The van der Waals surface area contributed by atoms with Gasteiger partial charge in [0, 0.05) is 5.69 Å². The van der Waals surface area contributed by atoms with Crippen LogP contribution in [0.1, 0.15) is 41.2 Å². The second-order valence-electron chi connectivity index (χ2n) is 7.02. The molecule has 0 fully saturated rings. The van der Waals surface area contributed by atoms with Gasteiger partial charge in [0.05, 0.1) is 27.9 Å². The lowest BCUT2D eigenvalue weighted by atomic mass is 9.98. The van der Waals surface area contributed by atoms with Crippen LogP contribution in [-0.4, -0.2) is 26.0 Å². The average molecular weight is 419 g/mol. The van der Waals surface area contributed by atoms with Gasteiger partial charge < -0.3 is 10.4 Å². The summed E-state index contributed by atoms with van der Waals surface area (Å²) >= 11 is 12.0. The maximum absolute atomic E-state index is 12.6. The Morgan fingerprint density at radius 1 is 1.18 bits per heavy atom. The van der Waals surface area contributed by atoms with Crippen molar-refractivity contribution in [2.24, 2.45) is 0 Å². The van der Waals surface area contributed by atoms with Crippen LogP contribution in [0, 0.1) is 6.92 Å². The lowest BCUT2D eigenvalue weighted by Crippen LogP contribution is -2.17. The quantitative estimate of drug-likeness (QED) is 0.642. The van der Waals surface area contributed by atoms with Crippen LogP contribution in [0.15, 0.2) is 42.5 Å². The Morgan fingerprint density at radius 3 is 2.61 bits per heavy atom. The van der Waals surface area contributed by atoms with Crippen molar-refractivity contribution in [1.82, 2.24) is 15.0 Å². The van der Waals surface area contributed by atoms with E-state index in [-0.39, 0.29) is 11.6 Å². The van der Waals surface area contributed by atoms with Crippen molar-refractivity contribution in [3.63, 3.8) is 0 Å². The van der Waals surface area contributed by atoms with E-state index in [0.29, 0.717) is 33.5 Å². The largest absolute Gasteiger partial charge is 0.386 e. The molecule has 2 N–H and O–H groups in total. The number of hydrogen-bond acceptors (Lipinski definition) is 4. The first kappa shape index (κ1) is 20.3. The number of halogens is 2. The van der Waals surface area contributed by atoms with E-state index >= 15 is 0 Å². The fraction of sp³-hybridized carbons (Fsp3) is 0.250. The summed E-state index contributed by atoms with van der Waals surface area (Å²) in [5.41, 5.74) is 2.02. The second-order valence-corrected chi connectivity index (χ2v) is 7.84. The van der Waals surface area contributed by atoms with E-state index in [0.717, 1.165) is 5.56 Å². The minimum atomic E-state index is -1.00. The zero-order valence-electron chi connectivity index (χ0n) is 15.7. The Labute approximate surface area is 173 Å². The molecule has 8 heteroatoms. The molecule has 1 heterocycles. The Hall–Kier alpha value is -2.41. The third kappa shape index (κ3) is 4.52. The maximum atomic E-state index is 12.6. The van der Waals surface area contributed by atoms with Gasteiger partial charge in [-0.15, -0.1) is 5.10 Å². The molecule has 1 amide bonds. The van der Waals surface area contributed by atoms with Crippen molar-refractivity contribution in [2.75, 3.05) is 5.32 Å². The molecule has 28 heavy (non-hydrogen) atoms. The van der Waals surface area contributed by atoms with Gasteiger partial charge in [0.1, 0.15) is 0 Å². The molecule has 0 atom stereocenters. The van der Waals surface area contributed by atoms with Crippen molar-refractivity contribution < 1.29 is 9.90 Å². The monoisotopic (exact) mass is 418 g/mol. The predicted octanol–water partition coefficient (Wildman–Crippen LogP) is 4.42. The van der Waals surface area contributed by atoms with Crippen LogP contribution in [-0.2, 0) is 12.1 Å². The van der Waals surface area contributed by atoms with Gasteiger partial charge in [-0.2, -0.15) is 0 Å². The van der Waals surface area contributed by atoms with Crippen LogP contribution >= 0.6 is 23.2 Å². The molecular weight excluding hydrogens is 399 g/mol. The van der Waals surface area contributed by atoms with E-state index < -0.39 is 5.60 Å². The van der Waals surface area contributed by atoms with Crippen LogP contribution in [0.2, 0.25) is 10.0 Å². The standard InChI is InChI=1S/C20H20Cl2N4O2/c1-12-18(19(27)23-15-6-4-5-14(10-15)20(2,3)28)24-25-26(12)11-13-7-8-16(21)17(22)9-13/h4-10,28H,11H2,1-3H3,(H,23,27). The molecule has 0 unspecified atom stereocenters. The van der Waals surface area contributed by atoms with Gasteiger partial charge in [-0.3, -0.25) is 4.79 Å². The first-order valence-electron chi connectivity index (χ1n) is 8.63. The van der Waals surface area contributed by atoms with Crippen molar-refractivity contribution in [3.05, 3.63) is 75.0 Å². The third-order valence-corrected chi connectivity index (χ3v) is 5.08. The first-order chi connectivity index (χ1) is 13.1. The summed E-state index contributed by atoms with van der Waals surface area (Å²) in [7, 11) is 0. The normalized spacial score (nSPS) is 11.5. The van der Waals surface area contributed by atoms with Crippen LogP contribution in [0.25, 0.3) is 0 Å². The molecule has 3 aromatic rings. The molecule has 0 aliphatic heterocycles. The molecule has 6 nitrogen and oxygen atoms in total. The number of hydrogen-bond donors (Lipinski definition) is 2. The molecule has 146 valence electrons. The highest BCUT2D eigenvalue weighted by Gasteiger charge is 2.19. The minimum absolute atomic E-state index is 0.230. The van der Waals surface area contributed by atoms with E-state index in [1.807, 2.05) is 6.07 Å². The van der Waals surface area contributed by atoms with Crippen molar-refractivity contribution in [2.45, 2.75) is 32.9 Å². The summed E-state index contributed by atoms with van der Waals surface area (Å²) in [6.45, 7) is 5.57. The number of amides is 1. The topological polar surface area (TPSA) is 80.0 Å². The lowest BCUT2D eigenvalue weighted by molar-refractivity contribution is 0.0786. The summed E-state index contributed by atoms with van der Waals surface area (Å²) in [5, 5.41) is 22.0. The van der Waals surface area contributed by atoms with Crippen LogP contribution in [0.5, 0.6) is 0 Å². The summed E-state index contributed by atoms with van der Waals surface area (Å²) in [6, 6.07) is 12.4. The first-order valence-corrected chi connectivity index (χ1v) is 9.39. The number of aromatic nitrogens is 3. The molecule has 0 bridgehead atoms. The number of benzene rings is 2. The molecule has 0 saturated carbocycles. The SMILES string of the molecule is Cc1c(C(=O)Nc2cccc(C(C)(C)O)c2)nnn1Cc1ccc(Cl)c(Cl)c1. The highest BCUT2D eigenvalue weighted by atomic mass is 35.5. The van der Waals surface area contributed by atoms with E-state index in [2.05, 4.69) is 15.6 Å². The number of aliphatic hydroxyl groups is 1. The number of rotatable bonds is 5. The van der Waals surface area contributed by atoms with Crippen molar-refractivity contribution in [3.8, 4) is 0 Å². The van der Waals surface area contributed by atoms with Crippen LogP contribution in [0.3, 0.4) is 0 Å². The Balaban J connectivity index is 1.78. The fourth-order valence-corrected chi connectivity index (χ4v) is 3.02. The van der Waals surface area contributed by atoms with Gasteiger partial charge in [0.2, 0.25) is 0 Å². The average Bonchev–Trinajstić information content (AvgIpc) is 2.98. The zero-order valence-corrected chi connectivity index (χ0v) is 17.2. The number of carbonyl (C=O) groups excluding carboxylic acids is 1. The Morgan fingerprint density at radius 2 is 1.93 bits per heavy atom. The summed E-state index contributed by atoms with van der Waals surface area (Å²) in [5.74, 6) is -0.370. The maximum Gasteiger partial charge on any atom is 0.278 e. The molecule has 1 aromatic heterocycles. The van der Waals surface area contributed by atoms with Crippen LogP contribution in [0.4, 0.5) is 5.69 Å². The molecule has 3 rings (SSSR count). The molecular formula is C20H20Cl2N4O2. The fourth-order valence-electron chi connectivity index (χ4n) is 2.70. The highest BCUT2D eigenvalue weighted by molar-refractivity contribution is 6.42. The van der Waals surface area contributed by atoms with Crippen molar-refractivity contribution >= 4 is 34.8 Å². The van der Waals surface area contributed by atoms with Gasteiger partial charge in [-0.1, -0.05) is 46.6 Å². The predicted molar refractivity (Wildman–Crippen MR) is 110 cm³/mol. The number of anilines is 1. The molecule has 0 spiro atoms. The Kier molecular flexibility index (Phi) is 5.74. The van der Waals surface area contributed by atoms with E-state index in [4.69, 9.17) is 23.2 Å². The van der Waals surface area contributed by atoms with Gasteiger partial charge >= 0.3 is 0 Å². The van der Waals surface area contributed by atoms with Gasteiger partial charge in [0.15, 0.2) is 5.69 Å². The van der Waals surface area contributed by atoms with Gasteiger partial charge in [-0.25, -0.2) is 4.68 Å². The summed E-state index contributed by atoms with van der Waals surface area (Å²) < 4.78 is 1.63. The highest BCUT2D eigenvalue weighted by Crippen LogP contribution is 2.24. The summed E-state index contributed by atoms with van der Waals surface area (Å²) in [4.78, 5) is 12.6. The van der Waals surface area contributed by atoms with Crippen LogP contribution < -0.4 is 5.32 Å². The van der Waals surface area contributed by atoms with E-state index in [9.17, 15) is 9.90 Å². The number of nitrogens with one attached hydrogen (secondary N) is 1. The van der Waals surface area contributed by atoms with E-state index in [1.165, 1.54) is 0 Å². The lowest BCUT2D eigenvalue weighted by Gasteiger charge is -2.18. The smallest absolute Gasteiger partial charge is 0.278 e.